The van der Waals surface area contributed by atoms with E-state index in [1.807, 2.05) is 0 Å². The van der Waals surface area contributed by atoms with Crippen molar-refractivity contribution in [2.45, 2.75) is 20.3 Å². The van der Waals surface area contributed by atoms with Crippen molar-refractivity contribution >= 4 is 14.0 Å². The molecule has 0 aromatic heterocycles. The van der Waals surface area contributed by atoms with Crippen LogP contribution in [0.25, 0.3) is 10.8 Å². The summed E-state index contributed by atoms with van der Waals surface area (Å²) in [5.41, 5.74) is 5.51. The van der Waals surface area contributed by atoms with Crippen molar-refractivity contribution in [1.29, 1.82) is 0 Å². The Morgan fingerprint density at radius 3 is 1.72 bits per heavy atom. The molecule has 0 saturated carbocycles. The SMILES string of the molecule is CC1=C(C)C[C-]=C1.[Cl-].[Cl-].[Zr+2]=[C](c1ccccc1)c1ccccc1.c1ccc2[cH-]ccc2c1. The van der Waals surface area contributed by atoms with E-state index in [0.717, 1.165) is 6.42 Å². The van der Waals surface area contributed by atoms with Crippen LogP contribution in [0.1, 0.15) is 31.4 Å². The molecule has 4 aromatic carbocycles. The van der Waals surface area contributed by atoms with Gasteiger partial charge in [0.2, 0.25) is 0 Å². The molecule has 0 radical (unpaired) electrons. The quantitative estimate of drug-likeness (QED) is 0.341. The Morgan fingerprint density at radius 1 is 0.750 bits per heavy atom. The molecule has 162 valence electrons. The summed E-state index contributed by atoms with van der Waals surface area (Å²) in [7, 11) is 0. The van der Waals surface area contributed by atoms with Gasteiger partial charge in [-0.3, -0.25) is 6.08 Å². The molecule has 1 aliphatic rings. The number of allylic oxidation sites excluding steroid dienone is 4. The molecule has 32 heavy (non-hydrogen) atoms. The van der Waals surface area contributed by atoms with Gasteiger partial charge in [0.1, 0.15) is 0 Å². The first-order valence-corrected chi connectivity index (χ1v) is 11.4. The zero-order valence-electron chi connectivity index (χ0n) is 18.4. The molecule has 0 aliphatic heterocycles. The average molecular weight is 537 g/mol. The van der Waals surface area contributed by atoms with Gasteiger partial charge in [0.15, 0.2) is 0 Å². The van der Waals surface area contributed by atoms with Crippen LogP contribution in [0.3, 0.4) is 0 Å². The van der Waals surface area contributed by atoms with Crippen LogP contribution in [0.4, 0.5) is 0 Å². The summed E-state index contributed by atoms with van der Waals surface area (Å²) in [6, 6.07) is 35.8. The normalized spacial score (nSPS) is 11.4. The van der Waals surface area contributed by atoms with Gasteiger partial charge in [-0.2, -0.15) is 23.1 Å². The van der Waals surface area contributed by atoms with Crippen molar-refractivity contribution in [2.24, 2.45) is 0 Å². The first kappa shape index (κ1) is 28.1. The van der Waals surface area contributed by atoms with Crippen molar-refractivity contribution < 1.29 is 49.0 Å². The van der Waals surface area contributed by atoms with Gasteiger partial charge in [-0.05, 0) is 0 Å². The Hall–Kier alpha value is -1.92. The number of hydrogen-bond acceptors (Lipinski definition) is 0. The van der Waals surface area contributed by atoms with E-state index >= 15 is 0 Å². The second kappa shape index (κ2) is 15.0. The van der Waals surface area contributed by atoms with Gasteiger partial charge in [-0.15, -0.1) is 43.0 Å². The molecule has 0 unspecified atom stereocenters. The number of fused-ring (bicyclic) bond motifs is 1. The molecule has 0 atom stereocenters. The van der Waals surface area contributed by atoms with Crippen molar-refractivity contribution in [1.82, 2.24) is 0 Å². The minimum Gasteiger partial charge on any atom is -0.168 e. The molecular formula is C29H26Cl2Zr-2. The van der Waals surface area contributed by atoms with Crippen LogP contribution in [-0.4, -0.2) is 3.21 Å². The Morgan fingerprint density at radius 2 is 1.28 bits per heavy atom. The minimum absolute atomic E-state index is 0. The van der Waals surface area contributed by atoms with Gasteiger partial charge in [-0.1, -0.05) is 13.0 Å². The van der Waals surface area contributed by atoms with E-state index in [0.29, 0.717) is 0 Å². The summed E-state index contributed by atoms with van der Waals surface area (Å²) in [6.45, 7) is 4.27. The molecule has 0 heterocycles. The molecule has 4 aromatic rings. The summed E-state index contributed by atoms with van der Waals surface area (Å²) in [5, 5.41) is 2.66. The maximum atomic E-state index is 3.12. The summed E-state index contributed by atoms with van der Waals surface area (Å²) >= 11 is 1.46. The molecule has 0 nitrogen and oxygen atoms in total. The summed E-state index contributed by atoms with van der Waals surface area (Å²) in [4.78, 5) is 0. The number of hydrogen-bond donors (Lipinski definition) is 0. The summed E-state index contributed by atoms with van der Waals surface area (Å²) < 4.78 is 1.42. The van der Waals surface area contributed by atoms with E-state index < -0.39 is 0 Å². The predicted octanol–water partition coefficient (Wildman–Crippen LogP) is 1.45. The summed E-state index contributed by atoms with van der Waals surface area (Å²) in [6.07, 6.45) is 6.22. The van der Waals surface area contributed by atoms with E-state index in [-0.39, 0.29) is 24.8 Å². The van der Waals surface area contributed by atoms with Gasteiger partial charge in [-0.25, -0.2) is 11.6 Å². The fourth-order valence-electron chi connectivity index (χ4n) is 3.07. The van der Waals surface area contributed by atoms with Crippen LogP contribution in [0.15, 0.2) is 120 Å². The Balaban J connectivity index is 0.000000248. The van der Waals surface area contributed by atoms with E-state index in [4.69, 9.17) is 0 Å². The molecule has 3 heteroatoms. The first-order valence-electron chi connectivity index (χ1n) is 10.2. The molecule has 0 fully saturated rings. The maximum Gasteiger partial charge on any atom is -0.0809 e. The smallest absolute Gasteiger partial charge is 0.0809 e. The Bertz CT molecular complexity index is 1070. The van der Waals surface area contributed by atoms with Gasteiger partial charge in [0, 0.05) is 0 Å². The van der Waals surface area contributed by atoms with E-state index in [1.54, 1.807) is 0 Å². The van der Waals surface area contributed by atoms with Crippen LogP contribution in [0, 0.1) is 6.08 Å². The van der Waals surface area contributed by atoms with Crippen molar-refractivity contribution in [3.8, 4) is 0 Å². The zero-order chi connectivity index (χ0) is 21.2. The van der Waals surface area contributed by atoms with E-state index in [2.05, 4.69) is 129 Å². The Kier molecular flexibility index (Phi) is 13.2. The van der Waals surface area contributed by atoms with E-state index in [9.17, 15) is 0 Å². The topological polar surface area (TPSA) is 0 Å². The third-order valence-corrected chi connectivity index (χ3v) is 6.45. The van der Waals surface area contributed by atoms with Crippen LogP contribution in [0.2, 0.25) is 0 Å². The Labute approximate surface area is 219 Å². The first-order chi connectivity index (χ1) is 14.6. The molecule has 0 saturated heterocycles. The predicted molar refractivity (Wildman–Crippen MR) is 126 cm³/mol. The molecule has 0 bridgehead atoms. The maximum absolute atomic E-state index is 3.12. The third-order valence-electron chi connectivity index (χ3n) is 5.03. The number of halogens is 2. The molecule has 0 amide bonds. The third kappa shape index (κ3) is 8.55. The van der Waals surface area contributed by atoms with Gasteiger partial charge >= 0.3 is 99.2 Å². The van der Waals surface area contributed by atoms with Crippen LogP contribution >= 0.6 is 0 Å². The molecule has 5 rings (SSSR count). The molecule has 0 spiro atoms. The zero-order valence-corrected chi connectivity index (χ0v) is 22.3. The van der Waals surface area contributed by atoms with Gasteiger partial charge in [0.05, 0.1) is 0 Å². The van der Waals surface area contributed by atoms with Crippen LogP contribution < -0.4 is 24.8 Å². The fraction of sp³-hybridized carbons (Fsp3) is 0.103. The van der Waals surface area contributed by atoms with Gasteiger partial charge < -0.3 is 24.8 Å². The van der Waals surface area contributed by atoms with Gasteiger partial charge in [0.25, 0.3) is 0 Å². The van der Waals surface area contributed by atoms with Crippen molar-refractivity contribution in [3.05, 3.63) is 138 Å². The molecule has 0 N–H and O–H groups in total. The number of rotatable bonds is 2. The van der Waals surface area contributed by atoms with E-state index in [1.165, 1.54) is 60.5 Å². The van der Waals surface area contributed by atoms with Crippen molar-refractivity contribution in [3.63, 3.8) is 0 Å². The monoisotopic (exact) mass is 534 g/mol. The molecular weight excluding hydrogens is 510 g/mol. The second-order valence-corrected chi connectivity index (χ2v) is 8.48. The minimum atomic E-state index is 0. The average Bonchev–Trinajstić information content (AvgIpc) is 3.44. The molecule has 1 aliphatic carbocycles. The van der Waals surface area contributed by atoms with Crippen molar-refractivity contribution in [2.75, 3.05) is 0 Å². The van der Waals surface area contributed by atoms with Crippen LogP contribution in [0.5, 0.6) is 0 Å². The van der Waals surface area contributed by atoms with Crippen LogP contribution in [-0.2, 0) is 24.2 Å². The standard InChI is InChI=1S/C13H10.C9H7.C7H9.2ClH.Zr/c1-3-7-12(8-4-1)11-13-9-5-2-6-10-13;1-2-5-9-7-3-6-8(9)4-1;1-6-4-3-5-7(6)2;;;/h1-10H;1-7H;4H,5H2,1-2H3;2*1H;/q;2*-1;;;+2/p-2. The summed E-state index contributed by atoms with van der Waals surface area (Å²) in [5.74, 6) is 0. The fourth-order valence-corrected chi connectivity index (χ4v) is 3.89. The largest absolute Gasteiger partial charge is 0.168 e. The number of benzene rings is 3. The second-order valence-electron chi connectivity index (χ2n) is 7.25.